The zero-order valence-electron chi connectivity index (χ0n) is 13.0. The van der Waals surface area contributed by atoms with Crippen molar-refractivity contribution in [3.8, 4) is 0 Å². The molecule has 0 N–H and O–H groups in total. The summed E-state index contributed by atoms with van der Waals surface area (Å²) in [5, 5.41) is 5.75. The van der Waals surface area contributed by atoms with Crippen LogP contribution in [0.5, 0.6) is 0 Å². The molecular formula is C15H17Cl2N3O3. The number of halogens is 2. The van der Waals surface area contributed by atoms with Crippen molar-refractivity contribution in [1.82, 2.24) is 14.8 Å². The summed E-state index contributed by atoms with van der Waals surface area (Å²) in [4.78, 5) is 15.8. The smallest absolute Gasteiger partial charge is 0.303 e. The Morgan fingerprint density at radius 2 is 2.22 bits per heavy atom. The molecular weight excluding hydrogens is 341 g/mol. The zero-order valence-corrected chi connectivity index (χ0v) is 14.5. The highest BCUT2D eigenvalue weighted by Crippen LogP contribution is 2.39. The molecule has 1 aliphatic rings. The van der Waals surface area contributed by atoms with Gasteiger partial charge >= 0.3 is 5.97 Å². The molecule has 8 heteroatoms. The maximum absolute atomic E-state index is 11.5. The van der Waals surface area contributed by atoms with Crippen molar-refractivity contribution in [2.45, 2.75) is 45.6 Å². The number of ether oxygens (including phenoxy) is 2. The van der Waals surface area contributed by atoms with Crippen LogP contribution in [0.25, 0.3) is 11.0 Å². The summed E-state index contributed by atoms with van der Waals surface area (Å²) in [6.45, 7) is 5.42. The van der Waals surface area contributed by atoms with Crippen molar-refractivity contribution >= 4 is 40.2 Å². The van der Waals surface area contributed by atoms with E-state index in [1.54, 1.807) is 16.9 Å². The molecule has 3 rings (SSSR count). The summed E-state index contributed by atoms with van der Waals surface area (Å²) in [5.41, 5.74) is 0.508. The molecule has 124 valence electrons. The van der Waals surface area contributed by atoms with Gasteiger partial charge < -0.3 is 9.47 Å². The molecule has 0 bridgehead atoms. The van der Waals surface area contributed by atoms with E-state index in [1.165, 1.54) is 6.92 Å². The predicted molar refractivity (Wildman–Crippen MR) is 86.5 cm³/mol. The van der Waals surface area contributed by atoms with Gasteiger partial charge in [-0.15, -0.1) is 0 Å². The van der Waals surface area contributed by atoms with Gasteiger partial charge in [0.1, 0.15) is 5.15 Å². The van der Waals surface area contributed by atoms with E-state index in [1.807, 2.05) is 13.8 Å². The number of carbonyl (C=O) groups is 1. The molecule has 23 heavy (non-hydrogen) atoms. The molecule has 3 heterocycles. The molecule has 2 aromatic heterocycles. The highest BCUT2D eigenvalue weighted by atomic mass is 35.5. The number of rotatable bonds is 3. The van der Waals surface area contributed by atoms with Gasteiger partial charge in [0.05, 0.1) is 22.7 Å². The lowest BCUT2D eigenvalue weighted by Gasteiger charge is -2.21. The van der Waals surface area contributed by atoms with Crippen molar-refractivity contribution in [3.05, 3.63) is 22.4 Å². The van der Waals surface area contributed by atoms with Gasteiger partial charge in [0.2, 0.25) is 0 Å². The SMILES string of the molecule is CC[C@H]1O[C@@H](n2ncc3c(Cl)cc(Cl)nc32)[C@H](OC(C)=O)[C@@H]1C. The van der Waals surface area contributed by atoms with Crippen molar-refractivity contribution in [3.63, 3.8) is 0 Å². The lowest BCUT2D eigenvalue weighted by Crippen LogP contribution is -2.30. The van der Waals surface area contributed by atoms with Crippen molar-refractivity contribution in [1.29, 1.82) is 0 Å². The minimum atomic E-state index is -0.557. The van der Waals surface area contributed by atoms with Gasteiger partial charge in [-0.25, -0.2) is 9.67 Å². The number of carbonyl (C=O) groups excluding carboxylic acids is 1. The monoisotopic (exact) mass is 357 g/mol. The van der Waals surface area contributed by atoms with Gasteiger partial charge in [0.25, 0.3) is 0 Å². The highest BCUT2D eigenvalue weighted by molar-refractivity contribution is 6.37. The Balaban J connectivity index is 2.06. The number of nitrogens with zero attached hydrogens (tertiary/aromatic N) is 3. The van der Waals surface area contributed by atoms with E-state index >= 15 is 0 Å². The first-order valence-electron chi connectivity index (χ1n) is 7.44. The van der Waals surface area contributed by atoms with E-state index in [0.29, 0.717) is 16.1 Å². The third-order valence-corrected chi connectivity index (χ3v) is 4.64. The van der Waals surface area contributed by atoms with Crippen LogP contribution < -0.4 is 0 Å². The van der Waals surface area contributed by atoms with Crippen LogP contribution in [-0.2, 0) is 14.3 Å². The lowest BCUT2D eigenvalue weighted by molar-refractivity contribution is -0.154. The molecule has 0 aliphatic carbocycles. The summed E-state index contributed by atoms with van der Waals surface area (Å²) in [5.74, 6) is -0.310. The molecule has 1 aliphatic heterocycles. The summed E-state index contributed by atoms with van der Waals surface area (Å²) < 4.78 is 13.1. The van der Waals surface area contributed by atoms with Crippen molar-refractivity contribution < 1.29 is 14.3 Å². The number of pyridine rings is 1. The average Bonchev–Trinajstić information content (AvgIpc) is 3.01. The third-order valence-electron chi connectivity index (χ3n) is 4.13. The van der Waals surface area contributed by atoms with Crippen LogP contribution >= 0.6 is 23.2 Å². The first-order chi connectivity index (χ1) is 10.9. The maximum atomic E-state index is 11.5. The van der Waals surface area contributed by atoms with Gasteiger partial charge in [-0.3, -0.25) is 4.79 Å². The van der Waals surface area contributed by atoms with Crippen LogP contribution in [0.4, 0.5) is 0 Å². The molecule has 4 atom stereocenters. The van der Waals surface area contributed by atoms with Crippen molar-refractivity contribution in [2.75, 3.05) is 0 Å². The first-order valence-corrected chi connectivity index (χ1v) is 8.20. The van der Waals surface area contributed by atoms with Gasteiger partial charge in [0, 0.05) is 12.8 Å². The Morgan fingerprint density at radius 1 is 1.48 bits per heavy atom. The first kappa shape index (κ1) is 16.5. The second kappa shape index (κ2) is 6.26. The van der Waals surface area contributed by atoms with E-state index in [9.17, 15) is 4.79 Å². The number of hydrogen-bond acceptors (Lipinski definition) is 5. The molecule has 0 radical (unpaired) electrons. The van der Waals surface area contributed by atoms with E-state index in [2.05, 4.69) is 10.1 Å². The molecule has 0 saturated carbocycles. The Bertz CT molecular complexity index is 749. The van der Waals surface area contributed by atoms with Crippen molar-refractivity contribution in [2.24, 2.45) is 5.92 Å². The van der Waals surface area contributed by atoms with Gasteiger partial charge in [-0.2, -0.15) is 5.10 Å². The van der Waals surface area contributed by atoms with Crippen LogP contribution in [-0.4, -0.2) is 32.9 Å². The maximum Gasteiger partial charge on any atom is 0.303 e. The molecule has 0 spiro atoms. The second-order valence-electron chi connectivity index (χ2n) is 5.66. The minimum absolute atomic E-state index is 0.0294. The average molecular weight is 358 g/mol. The molecule has 0 aromatic carbocycles. The van der Waals surface area contributed by atoms with Gasteiger partial charge in [-0.05, 0) is 12.5 Å². The second-order valence-corrected chi connectivity index (χ2v) is 6.45. The lowest BCUT2D eigenvalue weighted by atomic mass is 9.98. The molecule has 1 fully saturated rings. The zero-order chi connectivity index (χ0) is 16.7. The molecule has 1 saturated heterocycles. The minimum Gasteiger partial charge on any atom is -0.457 e. The van der Waals surface area contributed by atoms with E-state index in [0.717, 1.165) is 6.42 Å². The molecule has 6 nitrogen and oxygen atoms in total. The quantitative estimate of drug-likeness (QED) is 0.619. The fraction of sp³-hybridized carbons (Fsp3) is 0.533. The Labute approximate surface area is 143 Å². The van der Waals surface area contributed by atoms with E-state index < -0.39 is 12.3 Å². The predicted octanol–water partition coefficient (Wildman–Crippen LogP) is 3.61. The number of aromatic nitrogens is 3. The van der Waals surface area contributed by atoms with Crippen LogP contribution in [0.2, 0.25) is 10.2 Å². The number of esters is 1. The van der Waals surface area contributed by atoms with Crippen LogP contribution in [0.1, 0.15) is 33.4 Å². The summed E-state index contributed by atoms with van der Waals surface area (Å²) in [7, 11) is 0. The van der Waals surface area contributed by atoms with Crippen LogP contribution in [0, 0.1) is 5.92 Å². The highest BCUT2D eigenvalue weighted by Gasteiger charge is 2.45. The molecule has 0 amide bonds. The fourth-order valence-electron chi connectivity index (χ4n) is 3.01. The Morgan fingerprint density at radius 3 is 2.87 bits per heavy atom. The fourth-order valence-corrected chi connectivity index (χ4v) is 3.49. The van der Waals surface area contributed by atoms with E-state index in [4.69, 9.17) is 32.7 Å². The normalized spacial score (nSPS) is 27.5. The standard InChI is InChI=1S/C15H17Cl2N3O3/c1-4-11-7(2)13(22-8(3)21)15(23-11)20-14-9(6-18-20)10(16)5-12(17)19-14/h5-7,11,13,15H,4H2,1-3H3/t7-,11-,13-,15-/m1/s1. The summed E-state index contributed by atoms with van der Waals surface area (Å²) in [6, 6.07) is 1.56. The Kier molecular flexibility index (Phi) is 4.49. The third kappa shape index (κ3) is 2.91. The Hall–Kier alpha value is -1.37. The largest absolute Gasteiger partial charge is 0.457 e. The van der Waals surface area contributed by atoms with Gasteiger partial charge in [0.15, 0.2) is 18.0 Å². The molecule has 0 unspecified atom stereocenters. The summed E-state index contributed by atoms with van der Waals surface area (Å²) >= 11 is 12.2. The number of hydrogen-bond donors (Lipinski definition) is 0. The van der Waals surface area contributed by atoms with Crippen LogP contribution in [0.3, 0.4) is 0 Å². The topological polar surface area (TPSA) is 66.2 Å². The van der Waals surface area contributed by atoms with Gasteiger partial charge in [-0.1, -0.05) is 37.0 Å². The van der Waals surface area contributed by atoms with Crippen LogP contribution in [0.15, 0.2) is 12.3 Å². The van der Waals surface area contributed by atoms with E-state index in [-0.39, 0.29) is 23.1 Å². The number of fused-ring (bicyclic) bond motifs is 1. The summed E-state index contributed by atoms with van der Waals surface area (Å²) in [6.07, 6.45) is 1.39. The molecule has 2 aromatic rings.